The van der Waals surface area contributed by atoms with E-state index in [4.69, 9.17) is 9.84 Å². The summed E-state index contributed by atoms with van der Waals surface area (Å²) in [7, 11) is 1.20. The third-order valence-corrected chi connectivity index (χ3v) is 2.39. The summed E-state index contributed by atoms with van der Waals surface area (Å²) in [5.41, 5.74) is 0. The number of alkyl carbamates (subject to hydrolysis) is 1. The fourth-order valence-corrected chi connectivity index (χ4v) is 1.60. The van der Waals surface area contributed by atoms with E-state index in [0.717, 1.165) is 12.8 Å². The topological polar surface area (TPSA) is 84.9 Å². The predicted molar refractivity (Wildman–Crippen MR) is 50.5 cm³/mol. The van der Waals surface area contributed by atoms with Crippen LogP contribution in [-0.2, 0) is 14.3 Å². The molecule has 86 valence electrons. The maximum absolute atomic E-state index is 10.9. The fraction of sp³-hybridized carbons (Fsp3) is 0.778. The zero-order valence-corrected chi connectivity index (χ0v) is 8.56. The maximum atomic E-state index is 10.9. The summed E-state index contributed by atoms with van der Waals surface area (Å²) in [5, 5.41) is 11.2. The molecule has 0 bridgehead atoms. The number of aliphatic carboxylic acids is 1. The molecule has 0 aromatic carbocycles. The first-order valence-corrected chi connectivity index (χ1v) is 4.80. The Morgan fingerprint density at radius 2 is 2.33 bits per heavy atom. The average molecular weight is 217 g/mol. The lowest BCUT2D eigenvalue weighted by atomic mass is 9.94. The van der Waals surface area contributed by atoms with Crippen molar-refractivity contribution in [2.45, 2.75) is 18.9 Å². The molecular weight excluding hydrogens is 202 g/mol. The van der Waals surface area contributed by atoms with E-state index in [9.17, 15) is 9.59 Å². The molecule has 6 nitrogen and oxygen atoms in total. The van der Waals surface area contributed by atoms with Crippen LogP contribution >= 0.6 is 0 Å². The van der Waals surface area contributed by atoms with Gasteiger partial charge in [0.05, 0.1) is 13.7 Å². The number of rotatable bonds is 3. The minimum Gasteiger partial charge on any atom is -0.480 e. The molecule has 0 aliphatic carbocycles. The Morgan fingerprint density at radius 1 is 1.60 bits per heavy atom. The molecule has 15 heavy (non-hydrogen) atoms. The van der Waals surface area contributed by atoms with Crippen LogP contribution < -0.4 is 5.32 Å². The highest BCUT2D eigenvalue weighted by atomic mass is 16.5. The second kappa shape index (κ2) is 5.55. The lowest BCUT2D eigenvalue weighted by Gasteiger charge is -2.27. The summed E-state index contributed by atoms with van der Waals surface area (Å²) in [6.07, 6.45) is 0.825. The van der Waals surface area contributed by atoms with E-state index in [0.29, 0.717) is 13.2 Å². The molecule has 0 radical (unpaired) electrons. The Hall–Kier alpha value is -1.30. The molecule has 1 fully saturated rings. The van der Waals surface area contributed by atoms with Crippen LogP contribution in [0.4, 0.5) is 4.79 Å². The van der Waals surface area contributed by atoms with Crippen LogP contribution in [0, 0.1) is 5.92 Å². The van der Waals surface area contributed by atoms with Gasteiger partial charge in [0.15, 0.2) is 0 Å². The van der Waals surface area contributed by atoms with Crippen LogP contribution in [0.1, 0.15) is 12.8 Å². The lowest BCUT2D eigenvalue weighted by molar-refractivity contribution is -0.142. The number of carbonyl (C=O) groups is 2. The largest absolute Gasteiger partial charge is 0.480 e. The van der Waals surface area contributed by atoms with Gasteiger partial charge in [-0.2, -0.15) is 0 Å². The first-order valence-electron chi connectivity index (χ1n) is 4.80. The monoisotopic (exact) mass is 217 g/mol. The van der Waals surface area contributed by atoms with Crippen LogP contribution in [-0.4, -0.2) is 43.5 Å². The highest BCUT2D eigenvalue weighted by Gasteiger charge is 2.31. The third-order valence-electron chi connectivity index (χ3n) is 2.39. The number of carboxylic acids is 1. The van der Waals surface area contributed by atoms with Crippen molar-refractivity contribution in [3.63, 3.8) is 0 Å². The van der Waals surface area contributed by atoms with Crippen molar-refractivity contribution in [2.75, 3.05) is 20.3 Å². The summed E-state index contributed by atoms with van der Waals surface area (Å²) in [4.78, 5) is 21.9. The van der Waals surface area contributed by atoms with Crippen molar-refractivity contribution in [1.82, 2.24) is 5.32 Å². The number of methoxy groups -OCH3 is 1. The molecule has 1 heterocycles. The molecule has 6 heteroatoms. The molecule has 1 rings (SSSR count). The van der Waals surface area contributed by atoms with Crippen LogP contribution in [0.2, 0.25) is 0 Å². The van der Waals surface area contributed by atoms with E-state index >= 15 is 0 Å². The highest BCUT2D eigenvalue weighted by molar-refractivity contribution is 5.80. The van der Waals surface area contributed by atoms with Crippen molar-refractivity contribution >= 4 is 12.1 Å². The molecule has 1 amide bonds. The first kappa shape index (κ1) is 11.8. The Bertz CT molecular complexity index is 237. The van der Waals surface area contributed by atoms with Gasteiger partial charge in [-0.15, -0.1) is 0 Å². The standard InChI is InChI=1S/C9H15NO5/c1-14-9(13)10-7(8(11)12)6-3-2-4-15-5-6/h6-7H,2-5H2,1H3,(H,10,13)(H,11,12). The summed E-state index contributed by atoms with van der Waals surface area (Å²) >= 11 is 0. The van der Waals surface area contributed by atoms with E-state index in [2.05, 4.69) is 10.1 Å². The van der Waals surface area contributed by atoms with Crippen LogP contribution in [0.5, 0.6) is 0 Å². The fourth-order valence-electron chi connectivity index (χ4n) is 1.60. The number of carboxylic acid groups (broad SMARTS) is 1. The number of carbonyl (C=O) groups excluding carboxylic acids is 1. The number of hydrogen-bond donors (Lipinski definition) is 2. The summed E-state index contributed by atoms with van der Waals surface area (Å²) in [6, 6.07) is -0.933. The minimum atomic E-state index is -1.06. The molecule has 1 saturated heterocycles. The van der Waals surface area contributed by atoms with Crippen LogP contribution in [0.15, 0.2) is 0 Å². The molecule has 2 N–H and O–H groups in total. The van der Waals surface area contributed by atoms with Gasteiger partial charge < -0.3 is 19.9 Å². The van der Waals surface area contributed by atoms with Gasteiger partial charge in [0.1, 0.15) is 6.04 Å². The lowest BCUT2D eigenvalue weighted by Crippen LogP contribution is -2.48. The molecular formula is C9H15NO5. The maximum Gasteiger partial charge on any atom is 0.407 e. The van der Waals surface area contributed by atoms with Gasteiger partial charge >= 0.3 is 12.1 Å². The number of amides is 1. The van der Waals surface area contributed by atoms with E-state index in [1.54, 1.807) is 0 Å². The molecule has 0 aromatic rings. The van der Waals surface area contributed by atoms with Gasteiger partial charge in [-0.3, -0.25) is 0 Å². The molecule has 2 unspecified atom stereocenters. The molecule has 0 spiro atoms. The first-order chi connectivity index (χ1) is 7.15. The molecule has 0 aromatic heterocycles. The normalized spacial score (nSPS) is 22.9. The predicted octanol–water partition coefficient (Wildman–Crippen LogP) is 0.222. The van der Waals surface area contributed by atoms with Gasteiger partial charge in [-0.25, -0.2) is 9.59 Å². The Balaban J connectivity index is 2.55. The van der Waals surface area contributed by atoms with Crippen LogP contribution in [0.25, 0.3) is 0 Å². The van der Waals surface area contributed by atoms with Crippen molar-refractivity contribution in [3.05, 3.63) is 0 Å². The zero-order chi connectivity index (χ0) is 11.3. The van der Waals surface area contributed by atoms with Crippen molar-refractivity contribution in [1.29, 1.82) is 0 Å². The highest BCUT2D eigenvalue weighted by Crippen LogP contribution is 2.17. The van der Waals surface area contributed by atoms with Gasteiger partial charge in [-0.05, 0) is 12.8 Å². The zero-order valence-electron chi connectivity index (χ0n) is 8.56. The molecule has 1 aliphatic rings. The second-order valence-electron chi connectivity index (χ2n) is 3.43. The Labute approximate surface area is 87.5 Å². The van der Waals surface area contributed by atoms with Crippen molar-refractivity contribution in [3.8, 4) is 0 Å². The number of nitrogens with one attached hydrogen (secondary N) is 1. The summed E-state index contributed by atoms with van der Waals surface area (Å²) < 4.78 is 9.54. The third kappa shape index (κ3) is 3.39. The van der Waals surface area contributed by atoms with E-state index in [1.165, 1.54) is 7.11 Å². The molecule has 1 aliphatic heterocycles. The quantitative estimate of drug-likeness (QED) is 0.706. The summed E-state index contributed by atoms with van der Waals surface area (Å²) in [6.45, 7) is 1.02. The van der Waals surface area contributed by atoms with Gasteiger partial charge in [-0.1, -0.05) is 0 Å². The Kier molecular flexibility index (Phi) is 4.36. The molecule has 0 saturated carbocycles. The van der Waals surface area contributed by atoms with E-state index < -0.39 is 18.1 Å². The summed E-state index contributed by atoms with van der Waals surface area (Å²) in [5.74, 6) is -1.24. The van der Waals surface area contributed by atoms with Gasteiger partial charge in [0.2, 0.25) is 0 Å². The number of ether oxygens (including phenoxy) is 2. The average Bonchev–Trinajstić information content (AvgIpc) is 2.26. The minimum absolute atomic E-state index is 0.185. The second-order valence-corrected chi connectivity index (χ2v) is 3.43. The molecule has 2 atom stereocenters. The van der Waals surface area contributed by atoms with E-state index in [1.807, 2.05) is 0 Å². The van der Waals surface area contributed by atoms with Crippen molar-refractivity contribution in [2.24, 2.45) is 5.92 Å². The van der Waals surface area contributed by atoms with E-state index in [-0.39, 0.29) is 5.92 Å². The SMILES string of the molecule is COC(=O)NC(C(=O)O)C1CCCOC1. The van der Waals surface area contributed by atoms with Gasteiger partial charge in [0.25, 0.3) is 0 Å². The van der Waals surface area contributed by atoms with Gasteiger partial charge in [0, 0.05) is 12.5 Å². The number of hydrogen-bond acceptors (Lipinski definition) is 4. The van der Waals surface area contributed by atoms with Crippen molar-refractivity contribution < 1.29 is 24.2 Å². The Morgan fingerprint density at radius 3 is 2.80 bits per heavy atom. The smallest absolute Gasteiger partial charge is 0.407 e. The van der Waals surface area contributed by atoms with Crippen LogP contribution in [0.3, 0.4) is 0 Å².